The van der Waals surface area contributed by atoms with Crippen molar-refractivity contribution in [3.05, 3.63) is 11.6 Å². The molecular weight excluding hydrogens is 228 g/mol. The molecule has 102 valence electrons. The third-order valence-electron chi connectivity index (χ3n) is 3.96. The Balaban J connectivity index is 3.05. The molecule has 0 aromatic rings. The number of aliphatic hydroxyl groups excluding tert-OH is 2. The third-order valence-corrected chi connectivity index (χ3v) is 3.96. The van der Waals surface area contributed by atoms with E-state index in [0.29, 0.717) is 12.8 Å². The summed E-state index contributed by atoms with van der Waals surface area (Å²) < 4.78 is 0. The van der Waals surface area contributed by atoms with Crippen LogP contribution in [0.3, 0.4) is 0 Å². The van der Waals surface area contributed by atoms with Gasteiger partial charge in [0.15, 0.2) is 0 Å². The Hall–Kier alpha value is -0.820. The van der Waals surface area contributed by atoms with Gasteiger partial charge in [-0.1, -0.05) is 32.6 Å². The second-order valence-corrected chi connectivity index (χ2v) is 5.96. The monoisotopic (exact) mass is 252 g/mol. The van der Waals surface area contributed by atoms with Crippen LogP contribution in [0.25, 0.3) is 0 Å². The number of rotatable bonds is 1. The average molecular weight is 252 g/mol. The topological polar surface area (TPSA) is 60.7 Å². The summed E-state index contributed by atoms with van der Waals surface area (Å²) >= 11 is 0. The van der Waals surface area contributed by atoms with Crippen molar-refractivity contribution in [2.75, 3.05) is 6.61 Å². The zero-order valence-electron chi connectivity index (χ0n) is 11.7. The second kappa shape index (κ2) is 5.44. The molecule has 3 heteroatoms. The number of hydrogen-bond acceptors (Lipinski definition) is 3. The van der Waals surface area contributed by atoms with E-state index in [-0.39, 0.29) is 18.6 Å². The first-order valence-electron chi connectivity index (χ1n) is 6.44. The van der Waals surface area contributed by atoms with E-state index >= 15 is 0 Å². The van der Waals surface area contributed by atoms with Crippen LogP contribution in [0.2, 0.25) is 0 Å². The molecule has 0 amide bonds. The van der Waals surface area contributed by atoms with E-state index in [1.54, 1.807) is 6.08 Å². The summed E-state index contributed by atoms with van der Waals surface area (Å²) in [5, 5.41) is 29.4. The van der Waals surface area contributed by atoms with Crippen LogP contribution in [-0.2, 0) is 0 Å². The highest BCUT2D eigenvalue weighted by molar-refractivity contribution is 5.33. The Morgan fingerprint density at radius 3 is 2.56 bits per heavy atom. The number of hydrogen-bond donors (Lipinski definition) is 3. The van der Waals surface area contributed by atoms with Crippen molar-refractivity contribution in [1.82, 2.24) is 0 Å². The van der Waals surface area contributed by atoms with Gasteiger partial charge in [-0.25, -0.2) is 0 Å². The van der Waals surface area contributed by atoms with Crippen LogP contribution in [-0.4, -0.2) is 33.6 Å². The van der Waals surface area contributed by atoms with Gasteiger partial charge in [0.2, 0.25) is 0 Å². The highest BCUT2D eigenvalue weighted by Crippen LogP contribution is 2.46. The SMILES string of the molecule is CC(C#CC1(O)C(C)CC(O)CC1(C)C)=CCO. The summed E-state index contributed by atoms with van der Waals surface area (Å²) in [4.78, 5) is 0. The summed E-state index contributed by atoms with van der Waals surface area (Å²) in [6.07, 6.45) is 2.36. The minimum absolute atomic E-state index is 0.0450. The molecule has 0 spiro atoms. The fourth-order valence-electron chi connectivity index (χ4n) is 2.75. The van der Waals surface area contributed by atoms with Crippen molar-refractivity contribution < 1.29 is 15.3 Å². The molecular formula is C15H24O3. The van der Waals surface area contributed by atoms with Gasteiger partial charge in [-0.2, -0.15) is 0 Å². The van der Waals surface area contributed by atoms with E-state index in [4.69, 9.17) is 5.11 Å². The van der Waals surface area contributed by atoms with E-state index in [1.807, 2.05) is 27.7 Å². The lowest BCUT2D eigenvalue weighted by molar-refractivity contribution is -0.121. The molecule has 18 heavy (non-hydrogen) atoms. The quantitative estimate of drug-likeness (QED) is 0.619. The summed E-state index contributed by atoms with van der Waals surface area (Å²) in [5.74, 6) is 5.79. The molecule has 0 aromatic carbocycles. The lowest BCUT2D eigenvalue weighted by atomic mass is 9.60. The maximum atomic E-state index is 10.8. The first kappa shape index (κ1) is 15.2. The van der Waals surface area contributed by atoms with Gasteiger partial charge in [-0.05, 0) is 37.3 Å². The lowest BCUT2D eigenvalue weighted by Crippen LogP contribution is -2.54. The zero-order valence-corrected chi connectivity index (χ0v) is 11.7. The van der Waals surface area contributed by atoms with E-state index in [2.05, 4.69) is 11.8 Å². The molecule has 3 atom stereocenters. The number of aliphatic hydroxyl groups is 3. The third kappa shape index (κ3) is 2.95. The lowest BCUT2D eigenvalue weighted by Gasteiger charge is -2.48. The molecule has 3 unspecified atom stereocenters. The van der Waals surface area contributed by atoms with Crippen molar-refractivity contribution in [1.29, 1.82) is 0 Å². The van der Waals surface area contributed by atoms with Gasteiger partial charge in [-0.15, -0.1) is 0 Å². The van der Waals surface area contributed by atoms with Crippen molar-refractivity contribution >= 4 is 0 Å². The Kier molecular flexibility index (Phi) is 4.61. The van der Waals surface area contributed by atoms with Crippen LogP contribution in [0.15, 0.2) is 11.6 Å². The molecule has 1 rings (SSSR count). The molecule has 1 fully saturated rings. The van der Waals surface area contributed by atoms with Crippen molar-refractivity contribution in [2.45, 2.75) is 52.2 Å². The average Bonchev–Trinajstić information content (AvgIpc) is 2.23. The Morgan fingerprint density at radius 2 is 2.06 bits per heavy atom. The maximum Gasteiger partial charge on any atom is 0.133 e. The Bertz CT molecular complexity index is 386. The standard InChI is InChI=1S/C15H24O3/c1-11(6-8-16)5-7-15(18)12(2)9-13(17)10-14(15,3)4/h6,12-13,16-18H,8-10H2,1-4H3. The second-order valence-electron chi connectivity index (χ2n) is 5.96. The molecule has 1 saturated carbocycles. The van der Waals surface area contributed by atoms with Crippen molar-refractivity contribution in [3.8, 4) is 11.8 Å². The first-order valence-corrected chi connectivity index (χ1v) is 6.44. The molecule has 3 N–H and O–H groups in total. The molecule has 1 aliphatic carbocycles. The summed E-state index contributed by atoms with van der Waals surface area (Å²) in [6, 6.07) is 0. The van der Waals surface area contributed by atoms with Gasteiger partial charge in [0.25, 0.3) is 0 Å². The van der Waals surface area contributed by atoms with Crippen LogP contribution in [0, 0.1) is 23.2 Å². The van der Waals surface area contributed by atoms with Crippen LogP contribution in [0.1, 0.15) is 40.5 Å². The van der Waals surface area contributed by atoms with Gasteiger partial charge in [-0.3, -0.25) is 0 Å². The van der Waals surface area contributed by atoms with Gasteiger partial charge >= 0.3 is 0 Å². The largest absolute Gasteiger partial charge is 0.393 e. The maximum absolute atomic E-state index is 10.8. The van der Waals surface area contributed by atoms with E-state index in [0.717, 1.165) is 5.57 Å². The van der Waals surface area contributed by atoms with E-state index in [9.17, 15) is 10.2 Å². The van der Waals surface area contributed by atoms with Crippen molar-refractivity contribution in [2.24, 2.45) is 11.3 Å². The van der Waals surface area contributed by atoms with Crippen molar-refractivity contribution in [3.63, 3.8) is 0 Å². The zero-order chi connectivity index (χ0) is 14.0. The molecule has 0 radical (unpaired) electrons. The Morgan fingerprint density at radius 1 is 1.44 bits per heavy atom. The van der Waals surface area contributed by atoms with Gasteiger partial charge in [0, 0.05) is 5.41 Å². The van der Waals surface area contributed by atoms with Gasteiger partial charge < -0.3 is 15.3 Å². The van der Waals surface area contributed by atoms with Gasteiger partial charge in [0.1, 0.15) is 5.60 Å². The van der Waals surface area contributed by atoms with Crippen LogP contribution >= 0.6 is 0 Å². The molecule has 0 heterocycles. The summed E-state index contributed by atoms with van der Waals surface area (Å²) in [5.41, 5.74) is -0.798. The normalized spacial score (nSPS) is 35.8. The predicted octanol–water partition coefficient (Wildman–Crippen LogP) is 1.48. The highest BCUT2D eigenvalue weighted by Gasteiger charge is 2.51. The summed E-state index contributed by atoms with van der Waals surface area (Å²) in [6.45, 7) is 7.56. The molecule has 3 nitrogen and oxygen atoms in total. The smallest absolute Gasteiger partial charge is 0.133 e. The van der Waals surface area contributed by atoms with Crippen LogP contribution < -0.4 is 0 Å². The molecule has 0 aliphatic heterocycles. The molecule has 0 bridgehead atoms. The van der Waals surface area contributed by atoms with Gasteiger partial charge in [0.05, 0.1) is 12.7 Å². The van der Waals surface area contributed by atoms with Crippen LogP contribution in [0.5, 0.6) is 0 Å². The predicted molar refractivity (Wildman–Crippen MR) is 71.8 cm³/mol. The summed E-state index contributed by atoms with van der Waals surface area (Å²) in [7, 11) is 0. The van der Waals surface area contributed by atoms with E-state index in [1.165, 1.54) is 0 Å². The van der Waals surface area contributed by atoms with E-state index < -0.39 is 11.0 Å². The minimum Gasteiger partial charge on any atom is -0.393 e. The minimum atomic E-state index is -1.10. The number of allylic oxidation sites excluding steroid dienone is 1. The molecule has 1 aliphatic rings. The van der Waals surface area contributed by atoms with Crippen LogP contribution in [0.4, 0.5) is 0 Å². The Labute approximate surface area is 110 Å². The molecule has 0 aromatic heterocycles. The highest BCUT2D eigenvalue weighted by atomic mass is 16.3. The fourth-order valence-corrected chi connectivity index (χ4v) is 2.75. The molecule has 0 saturated heterocycles. The first-order chi connectivity index (χ1) is 8.23. The fraction of sp³-hybridized carbons (Fsp3) is 0.733.